The summed E-state index contributed by atoms with van der Waals surface area (Å²) in [5, 5.41) is 14.9. The molecule has 2 aromatic rings. The van der Waals surface area contributed by atoms with Crippen LogP contribution in [-0.2, 0) is 6.54 Å². The number of benzene rings is 1. The number of nitrogens with two attached hydrogens (primary N) is 1. The number of hydrogen-bond acceptors (Lipinski definition) is 4. The van der Waals surface area contributed by atoms with E-state index in [1.807, 2.05) is 6.92 Å². The third-order valence-corrected chi connectivity index (χ3v) is 3.78. The molecule has 1 aromatic heterocycles. The van der Waals surface area contributed by atoms with Crippen molar-refractivity contribution in [3.63, 3.8) is 0 Å². The molecule has 19 heavy (non-hydrogen) atoms. The summed E-state index contributed by atoms with van der Waals surface area (Å²) in [6.07, 6.45) is 0. The molecule has 4 N–H and O–H groups in total. The van der Waals surface area contributed by atoms with Gasteiger partial charge < -0.3 is 5.73 Å². The predicted octanol–water partition coefficient (Wildman–Crippen LogP) is 1.68. The first kappa shape index (κ1) is 13.7. The Hall–Kier alpha value is -1.73. The third-order valence-electron chi connectivity index (χ3n) is 2.47. The maximum absolute atomic E-state index is 11.5. The van der Waals surface area contributed by atoms with Crippen molar-refractivity contribution in [2.24, 2.45) is 5.73 Å². The van der Waals surface area contributed by atoms with Gasteiger partial charge in [-0.05, 0) is 36.9 Å². The van der Waals surface area contributed by atoms with E-state index < -0.39 is 0 Å². The van der Waals surface area contributed by atoms with E-state index in [1.165, 1.54) is 16.3 Å². The molecule has 0 fully saturated rings. The van der Waals surface area contributed by atoms with Gasteiger partial charge in [-0.25, -0.2) is 9.89 Å². The summed E-state index contributed by atoms with van der Waals surface area (Å²) in [5.41, 5.74) is 5.79. The number of aromatic amines is 1. The van der Waals surface area contributed by atoms with Gasteiger partial charge in [0.2, 0.25) is 0 Å². The molecule has 0 saturated carbocycles. The lowest BCUT2D eigenvalue weighted by Crippen LogP contribution is -2.16. The summed E-state index contributed by atoms with van der Waals surface area (Å²) in [5.74, 6) is -0.0778. The smallest absolute Gasteiger partial charge is 0.343 e. The Morgan fingerprint density at radius 2 is 2.37 bits per heavy atom. The molecule has 0 aliphatic carbocycles. The average Bonchev–Trinajstić information content (AvgIpc) is 2.71. The van der Waals surface area contributed by atoms with Gasteiger partial charge in [0.1, 0.15) is 5.84 Å². The van der Waals surface area contributed by atoms with Gasteiger partial charge in [0, 0.05) is 22.0 Å². The fourth-order valence-corrected chi connectivity index (χ4v) is 2.76. The highest BCUT2D eigenvalue weighted by atomic mass is 35.5. The van der Waals surface area contributed by atoms with Gasteiger partial charge in [0.05, 0.1) is 0 Å². The number of H-pyrrole nitrogens is 1. The molecule has 0 radical (unpaired) electrons. The Kier molecular flexibility index (Phi) is 3.96. The molecule has 0 atom stereocenters. The topological polar surface area (TPSA) is 101 Å². The minimum Gasteiger partial charge on any atom is -0.384 e. The normalized spacial score (nSPS) is 10.6. The van der Waals surface area contributed by atoms with Crippen molar-refractivity contribution in [2.75, 3.05) is 0 Å². The SMILES string of the molecule is CCn1c(Sc2ccc(Cl)cc2C(=N)N)n[nH]c1=O. The highest BCUT2D eigenvalue weighted by Crippen LogP contribution is 2.30. The lowest BCUT2D eigenvalue weighted by Gasteiger charge is -2.08. The Labute approximate surface area is 118 Å². The van der Waals surface area contributed by atoms with Crippen LogP contribution in [0.1, 0.15) is 12.5 Å². The number of nitrogens with one attached hydrogen (secondary N) is 2. The fraction of sp³-hybridized carbons (Fsp3) is 0.182. The van der Waals surface area contributed by atoms with Crippen molar-refractivity contribution in [1.29, 1.82) is 5.41 Å². The number of nitrogens with zero attached hydrogens (tertiary/aromatic N) is 2. The summed E-state index contributed by atoms with van der Waals surface area (Å²) in [4.78, 5) is 12.2. The molecule has 0 spiro atoms. The second-order valence-electron chi connectivity index (χ2n) is 3.71. The zero-order valence-electron chi connectivity index (χ0n) is 10.1. The molecule has 8 heteroatoms. The molecule has 0 bridgehead atoms. The second kappa shape index (κ2) is 5.50. The summed E-state index contributed by atoms with van der Waals surface area (Å²) in [6, 6.07) is 5.08. The average molecular weight is 298 g/mol. The van der Waals surface area contributed by atoms with Gasteiger partial charge in [0.15, 0.2) is 5.16 Å². The molecular weight excluding hydrogens is 286 g/mol. The summed E-state index contributed by atoms with van der Waals surface area (Å²) < 4.78 is 1.50. The lowest BCUT2D eigenvalue weighted by molar-refractivity contribution is 0.660. The van der Waals surface area contributed by atoms with Gasteiger partial charge in [-0.2, -0.15) is 0 Å². The summed E-state index contributed by atoms with van der Waals surface area (Å²) >= 11 is 7.15. The molecule has 100 valence electrons. The Bertz CT molecular complexity index is 678. The maximum Gasteiger partial charge on any atom is 0.343 e. The van der Waals surface area contributed by atoms with Crippen LogP contribution in [0.25, 0.3) is 0 Å². The van der Waals surface area contributed by atoms with E-state index in [0.29, 0.717) is 22.3 Å². The summed E-state index contributed by atoms with van der Waals surface area (Å²) in [6.45, 7) is 2.37. The minimum absolute atomic E-state index is 0.0778. The van der Waals surface area contributed by atoms with E-state index in [-0.39, 0.29) is 11.5 Å². The van der Waals surface area contributed by atoms with E-state index in [1.54, 1.807) is 18.2 Å². The second-order valence-corrected chi connectivity index (χ2v) is 5.16. The molecule has 1 aromatic carbocycles. The van der Waals surface area contributed by atoms with Crippen LogP contribution in [0.2, 0.25) is 5.02 Å². The molecule has 0 saturated heterocycles. The molecule has 0 aliphatic heterocycles. The highest BCUT2D eigenvalue weighted by molar-refractivity contribution is 7.99. The highest BCUT2D eigenvalue weighted by Gasteiger charge is 2.13. The maximum atomic E-state index is 11.5. The number of nitrogen functional groups attached to an aromatic ring is 1. The van der Waals surface area contributed by atoms with E-state index in [2.05, 4.69) is 10.2 Å². The first-order chi connectivity index (χ1) is 9.02. The van der Waals surface area contributed by atoms with Crippen molar-refractivity contribution in [1.82, 2.24) is 14.8 Å². The zero-order valence-corrected chi connectivity index (χ0v) is 11.7. The largest absolute Gasteiger partial charge is 0.384 e. The van der Waals surface area contributed by atoms with E-state index in [0.717, 1.165) is 4.90 Å². The standard InChI is InChI=1S/C11H12ClN5OS/c1-2-17-10(18)15-16-11(17)19-8-4-3-6(12)5-7(8)9(13)14/h3-5H,2H2,1H3,(H3,13,14)(H,15,18). The van der Waals surface area contributed by atoms with Crippen LogP contribution in [0, 0.1) is 5.41 Å². The molecule has 0 aliphatic rings. The lowest BCUT2D eigenvalue weighted by atomic mass is 10.2. The van der Waals surface area contributed by atoms with Gasteiger partial charge >= 0.3 is 5.69 Å². The van der Waals surface area contributed by atoms with E-state index in [9.17, 15) is 4.79 Å². The van der Waals surface area contributed by atoms with Crippen LogP contribution in [0.4, 0.5) is 0 Å². The first-order valence-electron chi connectivity index (χ1n) is 5.50. The van der Waals surface area contributed by atoms with E-state index in [4.69, 9.17) is 22.7 Å². The van der Waals surface area contributed by atoms with Crippen LogP contribution in [0.15, 0.2) is 33.0 Å². The van der Waals surface area contributed by atoms with Crippen LogP contribution >= 0.6 is 23.4 Å². The Balaban J connectivity index is 2.43. The van der Waals surface area contributed by atoms with Gasteiger partial charge in [-0.3, -0.25) is 9.98 Å². The van der Waals surface area contributed by atoms with Crippen molar-refractivity contribution >= 4 is 29.2 Å². The van der Waals surface area contributed by atoms with Crippen molar-refractivity contribution in [2.45, 2.75) is 23.5 Å². The molecule has 0 unspecified atom stereocenters. The first-order valence-corrected chi connectivity index (χ1v) is 6.69. The van der Waals surface area contributed by atoms with Gasteiger partial charge in [-0.1, -0.05) is 11.6 Å². The number of halogens is 1. The number of rotatable bonds is 4. The minimum atomic E-state index is -0.261. The van der Waals surface area contributed by atoms with Crippen LogP contribution in [0.3, 0.4) is 0 Å². The van der Waals surface area contributed by atoms with Crippen LogP contribution in [-0.4, -0.2) is 20.6 Å². The molecule has 0 amide bonds. The zero-order chi connectivity index (χ0) is 14.0. The Morgan fingerprint density at radius 1 is 1.63 bits per heavy atom. The summed E-state index contributed by atoms with van der Waals surface area (Å²) in [7, 11) is 0. The van der Waals surface area contributed by atoms with Gasteiger partial charge in [-0.15, -0.1) is 5.10 Å². The van der Waals surface area contributed by atoms with E-state index >= 15 is 0 Å². The van der Waals surface area contributed by atoms with Crippen molar-refractivity contribution in [3.05, 3.63) is 39.3 Å². The number of aromatic nitrogens is 3. The number of hydrogen-bond donors (Lipinski definition) is 3. The Morgan fingerprint density at radius 3 is 3.00 bits per heavy atom. The van der Waals surface area contributed by atoms with Crippen molar-refractivity contribution < 1.29 is 0 Å². The van der Waals surface area contributed by atoms with Gasteiger partial charge in [0.25, 0.3) is 0 Å². The molecule has 6 nitrogen and oxygen atoms in total. The molecule has 2 rings (SSSR count). The van der Waals surface area contributed by atoms with Crippen molar-refractivity contribution in [3.8, 4) is 0 Å². The molecular formula is C11H12ClN5OS. The van der Waals surface area contributed by atoms with Crippen LogP contribution in [0.5, 0.6) is 0 Å². The fourth-order valence-electron chi connectivity index (χ4n) is 1.56. The predicted molar refractivity (Wildman–Crippen MR) is 75.1 cm³/mol. The van der Waals surface area contributed by atoms with Crippen LogP contribution < -0.4 is 11.4 Å². The third kappa shape index (κ3) is 2.82. The number of amidine groups is 1. The molecule has 1 heterocycles. The monoisotopic (exact) mass is 297 g/mol. The quantitative estimate of drug-likeness (QED) is 0.590.